The Labute approximate surface area is 131 Å². The van der Waals surface area contributed by atoms with Crippen molar-refractivity contribution < 1.29 is 14.7 Å². The molecule has 0 saturated carbocycles. The van der Waals surface area contributed by atoms with Gasteiger partial charge in [0.05, 0.1) is 0 Å². The summed E-state index contributed by atoms with van der Waals surface area (Å²) in [5.41, 5.74) is 0.678. The molecule has 0 spiro atoms. The highest BCUT2D eigenvalue weighted by Crippen LogP contribution is 2.39. The van der Waals surface area contributed by atoms with Gasteiger partial charge in [-0.3, -0.25) is 4.79 Å². The van der Waals surface area contributed by atoms with Crippen molar-refractivity contribution in [3.63, 3.8) is 0 Å². The van der Waals surface area contributed by atoms with Crippen molar-refractivity contribution in [2.75, 3.05) is 0 Å². The minimum absolute atomic E-state index is 0.00812. The predicted molar refractivity (Wildman–Crippen MR) is 84.9 cm³/mol. The van der Waals surface area contributed by atoms with E-state index in [1.165, 1.54) is 4.88 Å². The van der Waals surface area contributed by atoms with Gasteiger partial charge in [0.15, 0.2) is 5.78 Å². The molecule has 1 heterocycles. The number of hydrogen-bond acceptors (Lipinski definition) is 4. The van der Waals surface area contributed by atoms with Crippen LogP contribution in [0, 0.1) is 0 Å². The van der Waals surface area contributed by atoms with Gasteiger partial charge in [-0.15, -0.1) is 11.3 Å². The van der Waals surface area contributed by atoms with Gasteiger partial charge in [0.25, 0.3) is 0 Å². The molecule has 0 amide bonds. The second kappa shape index (κ2) is 6.30. The first-order valence-electron chi connectivity index (χ1n) is 7.31. The molecule has 1 aromatic rings. The van der Waals surface area contributed by atoms with Crippen molar-refractivity contribution in [3.8, 4) is 0 Å². The second-order valence-electron chi connectivity index (χ2n) is 7.50. The summed E-state index contributed by atoms with van der Waals surface area (Å²) in [5, 5.41) is 10.5. The Kier molecular flexibility index (Phi) is 5.37. The number of thiophene rings is 1. The van der Waals surface area contributed by atoms with E-state index in [1.807, 2.05) is 6.07 Å². The van der Waals surface area contributed by atoms with Crippen LogP contribution in [-0.2, 0) is 15.6 Å². The van der Waals surface area contributed by atoms with Gasteiger partial charge in [-0.2, -0.15) is 0 Å². The van der Waals surface area contributed by atoms with E-state index in [2.05, 4.69) is 41.5 Å². The molecule has 0 fully saturated rings. The van der Waals surface area contributed by atoms with Crippen LogP contribution in [0.5, 0.6) is 0 Å². The monoisotopic (exact) mass is 309 g/mol. The summed E-state index contributed by atoms with van der Waals surface area (Å²) >= 11 is 1.69. The average Bonchev–Trinajstić information content (AvgIpc) is 2.71. The first kappa shape index (κ1) is 17.9. The SMILES string of the molecule is CC(C)(C)c1cc(C(=O)CCCC(=O)[O-])c(C(C)(C)C)s1. The highest BCUT2D eigenvalue weighted by molar-refractivity contribution is 7.12. The molecule has 0 bridgehead atoms. The van der Waals surface area contributed by atoms with Crippen molar-refractivity contribution in [1.82, 2.24) is 0 Å². The Hall–Kier alpha value is -1.16. The van der Waals surface area contributed by atoms with Gasteiger partial charge in [-0.05, 0) is 29.7 Å². The number of hydrogen-bond donors (Lipinski definition) is 0. The third-order valence-electron chi connectivity index (χ3n) is 3.24. The lowest BCUT2D eigenvalue weighted by Crippen LogP contribution is -2.22. The molecular formula is C17H25O3S-. The van der Waals surface area contributed by atoms with E-state index >= 15 is 0 Å². The van der Waals surface area contributed by atoms with Crippen molar-refractivity contribution in [2.45, 2.75) is 71.6 Å². The molecule has 0 atom stereocenters. The summed E-state index contributed by atoms with van der Waals surface area (Å²) in [4.78, 5) is 25.2. The van der Waals surface area contributed by atoms with Gasteiger partial charge in [0.1, 0.15) is 0 Å². The average molecular weight is 309 g/mol. The number of aliphatic carboxylic acids is 1. The fraction of sp³-hybridized carbons (Fsp3) is 0.647. The first-order valence-corrected chi connectivity index (χ1v) is 8.12. The van der Waals surface area contributed by atoms with Crippen molar-refractivity contribution >= 4 is 23.1 Å². The number of carboxylic acids is 1. The zero-order valence-corrected chi connectivity index (χ0v) is 14.6. The van der Waals surface area contributed by atoms with E-state index in [-0.39, 0.29) is 29.5 Å². The number of rotatable bonds is 5. The van der Waals surface area contributed by atoms with Crippen LogP contribution in [0.1, 0.15) is 80.9 Å². The van der Waals surface area contributed by atoms with Crippen LogP contribution in [0.3, 0.4) is 0 Å². The van der Waals surface area contributed by atoms with Crippen molar-refractivity contribution in [3.05, 3.63) is 21.4 Å². The van der Waals surface area contributed by atoms with Crippen LogP contribution in [0.2, 0.25) is 0 Å². The summed E-state index contributed by atoms with van der Waals surface area (Å²) in [5.74, 6) is -1.06. The number of carbonyl (C=O) groups excluding carboxylic acids is 2. The topological polar surface area (TPSA) is 57.2 Å². The van der Waals surface area contributed by atoms with Crippen LogP contribution in [0.4, 0.5) is 0 Å². The molecule has 1 rings (SSSR count). The van der Waals surface area contributed by atoms with E-state index in [4.69, 9.17) is 0 Å². The minimum Gasteiger partial charge on any atom is -0.550 e. The lowest BCUT2D eigenvalue weighted by atomic mass is 9.88. The van der Waals surface area contributed by atoms with Gasteiger partial charge < -0.3 is 9.90 Å². The molecule has 3 nitrogen and oxygen atoms in total. The van der Waals surface area contributed by atoms with Gasteiger partial charge in [0.2, 0.25) is 0 Å². The number of carbonyl (C=O) groups is 2. The fourth-order valence-electron chi connectivity index (χ4n) is 2.05. The number of ketones is 1. The molecular weight excluding hydrogens is 284 g/mol. The Bertz CT molecular complexity index is 527. The predicted octanol–water partition coefficient (Wildman–Crippen LogP) is 3.45. The van der Waals surface area contributed by atoms with E-state index < -0.39 is 5.97 Å². The van der Waals surface area contributed by atoms with Crippen molar-refractivity contribution in [2.24, 2.45) is 0 Å². The quantitative estimate of drug-likeness (QED) is 0.783. The normalized spacial score (nSPS) is 12.5. The summed E-state index contributed by atoms with van der Waals surface area (Å²) in [6.07, 6.45) is 0.537. The summed E-state index contributed by atoms with van der Waals surface area (Å²) in [6, 6.07) is 1.99. The molecule has 4 heteroatoms. The molecule has 0 aromatic carbocycles. The number of carboxylic acid groups (broad SMARTS) is 1. The third kappa shape index (κ3) is 4.95. The Balaban J connectivity index is 3.07. The lowest BCUT2D eigenvalue weighted by Gasteiger charge is -2.19. The Morgan fingerprint density at radius 1 is 1.05 bits per heavy atom. The fourth-order valence-corrected chi connectivity index (χ4v) is 3.34. The standard InChI is InChI=1S/C17H26O3S/c1-16(2,3)13-10-11(15(21-13)17(4,5)6)12(18)8-7-9-14(19)20/h10H,7-9H2,1-6H3,(H,19,20)/p-1. The molecule has 0 saturated heterocycles. The maximum absolute atomic E-state index is 12.4. The third-order valence-corrected chi connectivity index (χ3v) is 5.22. The summed E-state index contributed by atoms with van der Waals surface area (Å²) < 4.78 is 0. The van der Waals surface area contributed by atoms with Crippen LogP contribution in [-0.4, -0.2) is 11.8 Å². The molecule has 1 aromatic heterocycles. The van der Waals surface area contributed by atoms with Crippen LogP contribution >= 0.6 is 11.3 Å². The first-order chi connectivity index (χ1) is 9.43. The van der Waals surface area contributed by atoms with Crippen LogP contribution in [0.15, 0.2) is 6.07 Å². The lowest BCUT2D eigenvalue weighted by molar-refractivity contribution is -0.305. The highest BCUT2D eigenvalue weighted by atomic mass is 32.1. The maximum atomic E-state index is 12.4. The van der Waals surface area contributed by atoms with Crippen LogP contribution in [0.25, 0.3) is 0 Å². The van der Waals surface area contributed by atoms with E-state index in [0.717, 1.165) is 10.4 Å². The summed E-state index contributed by atoms with van der Waals surface area (Å²) in [7, 11) is 0. The largest absolute Gasteiger partial charge is 0.550 e. The molecule has 0 N–H and O–H groups in total. The van der Waals surface area contributed by atoms with Crippen molar-refractivity contribution in [1.29, 1.82) is 0 Å². The molecule has 0 aliphatic carbocycles. The molecule has 0 aliphatic rings. The van der Waals surface area contributed by atoms with Gasteiger partial charge >= 0.3 is 0 Å². The van der Waals surface area contributed by atoms with Gasteiger partial charge in [-0.25, -0.2) is 0 Å². The zero-order valence-electron chi connectivity index (χ0n) is 13.8. The molecule has 0 aliphatic heterocycles. The Morgan fingerprint density at radius 3 is 2.05 bits per heavy atom. The summed E-state index contributed by atoms with van der Waals surface area (Å²) in [6.45, 7) is 12.7. The molecule has 0 radical (unpaired) electrons. The second-order valence-corrected chi connectivity index (χ2v) is 8.55. The smallest absolute Gasteiger partial charge is 0.164 e. The van der Waals surface area contributed by atoms with E-state index in [0.29, 0.717) is 6.42 Å². The number of Topliss-reactive ketones (excluding diaryl/α,β-unsaturated/α-hetero) is 1. The van der Waals surface area contributed by atoms with Gasteiger partial charge in [-0.1, -0.05) is 41.5 Å². The molecule has 118 valence electrons. The maximum Gasteiger partial charge on any atom is 0.164 e. The zero-order chi connectivity index (χ0) is 16.4. The molecule has 0 unspecified atom stereocenters. The highest BCUT2D eigenvalue weighted by Gasteiger charge is 2.28. The Morgan fingerprint density at radius 2 is 1.62 bits per heavy atom. The minimum atomic E-state index is -1.10. The van der Waals surface area contributed by atoms with E-state index in [1.54, 1.807) is 11.3 Å². The molecule has 21 heavy (non-hydrogen) atoms. The van der Waals surface area contributed by atoms with Crippen LogP contribution < -0.4 is 5.11 Å². The van der Waals surface area contributed by atoms with Gasteiger partial charge in [0, 0.05) is 27.7 Å². The van der Waals surface area contributed by atoms with E-state index in [9.17, 15) is 14.7 Å².